The van der Waals surface area contributed by atoms with Crippen molar-refractivity contribution in [2.75, 3.05) is 5.32 Å². The molecule has 2 aliphatic rings. The summed E-state index contributed by atoms with van der Waals surface area (Å²) in [5, 5.41) is 23.4. The van der Waals surface area contributed by atoms with Crippen LogP contribution in [0.25, 0.3) is 0 Å². The first-order chi connectivity index (χ1) is 9.49. The Morgan fingerprint density at radius 2 is 2.25 bits per heavy atom. The number of nitro groups is 1. The molecule has 3 atom stereocenters. The number of benzene rings is 1. The minimum absolute atomic E-state index is 0.0509. The number of hydrogen-bond donors (Lipinski definition) is 2. The second kappa shape index (κ2) is 4.33. The molecule has 104 valence electrons. The molecule has 6 heteroatoms. The number of nitro benzene ring substituents is 1. The minimum Gasteiger partial charge on any atom is -0.480 e. The maximum absolute atomic E-state index is 11.4. The average molecular weight is 274 g/mol. The van der Waals surface area contributed by atoms with Crippen molar-refractivity contribution in [1.82, 2.24) is 0 Å². The van der Waals surface area contributed by atoms with E-state index in [9.17, 15) is 20.0 Å². The molecule has 1 aromatic rings. The highest BCUT2D eigenvalue weighted by molar-refractivity contribution is 5.83. The number of fused-ring (bicyclic) bond motifs is 3. The molecule has 0 fully saturated rings. The summed E-state index contributed by atoms with van der Waals surface area (Å²) in [6.45, 7) is 1.81. The molecule has 0 amide bonds. The molecule has 0 radical (unpaired) electrons. The van der Waals surface area contributed by atoms with Crippen LogP contribution in [0, 0.1) is 23.0 Å². The molecule has 0 aromatic heterocycles. The van der Waals surface area contributed by atoms with Crippen molar-refractivity contribution in [1.29, 1.82) is 0 Å². The normalized spacial score (nSPS) is 26.6. The number of allylic oxidation sites excluding steroid dienone is 2. The number of aryl methyl sites for hydroxylation is 1. The quantitative estimate of drug-likeness (QED) is 0.491. The highest BCUT2D eigenvalue weighted by atomic mass is 16.6. The summed E-state index contributed by atoms with van der Waals surface area (Å²) in [7, 11) is 0. The zero-order valence-electron chi connectivity index (χ0n) is 10.9. The number of nitrogens with zero attached hydrogens (tertiary/aromatic N) is 1. The molecule has 0 bridgehead atoms. The fourth-order valence-electron chi connectivity index (χ4n) is 3.22. The van der Waals surface area contributed by atoms with Crippen LogP contribution in [0.4, 0.5) is 11.4 Å². The van der Waals surface area contributed by atoms with Crippen LogP contribution in [0.1, 0.15) is 23.5 Å². The van der Waals surface area contributed by atoms with Gasteiger partial charge in [0.25, 0.3) is 5.69 Å². The standard InChI is InChI=1S/C14H14N2O4/c1-7-5-10-8-3-2-4-9(8)13(14(17)18)15-12(10)11(6-7)16(19)20/h2-3,5-6,8-9,13,15H,4H2,1H3,(H,17,18). The van der Waals surface area contributed by atoms with E-state index in [-0.39, 0.29) is 17.5 Å². The fraction of sp³-hybridized carbons (Fsp3) is 0.357. The third-order valence-electron chi connectivity index (χ3n) is 4.06. The Balaban J connectivity index is 2.19. The molecule has 1 heterocycles. The molecule has 1 aliphatic heterocycles. The lowest BCUT2D eigenvalue weighted by molar-refractivity contribution is -0.384. The van der Waals surface area contributed by atoms with Gasteiger partial charge in [0.05, 0.1) is 4.92 Å². The smallest absolute Gasteiger partial charge is 0.326 e. The van der Waals surface area contributed by atoms with Crippen molar-refractivity contribution in [3.05, 3.63) is 45.5 Å². The van der Waals surface area contributed by atoms with Gasteiger partial charge in [0.1, 0.15) is 11.7 Å². The first kappa shape index (κ1) is 12.7. The average Bonchev–Trinajstić information content (AvgIpc) is 2.85. The number of nitrogens with one attached hydrogen (secondary N) is 1. The van der Waals surface area contributed by atoms with Crippen LogP contribution < -0.4 is 5.32 Å². The van der Waals surface area contributed by atoms with Crippen LogP contribution in [0.5, 0.6) is 0 Å². The van der Waals surface area contributed by atoms with E-state index in [1.807, 2.05) is 25.1 Å². The van der Waals surface area contributed by atoms with Gasteiger partial charge in [-0.2, -0.15) is 0 Å². The molecule has 1 aromatic carbocycles. The molecule has 1 aliphatic carbocycles. The van der Waals surface area contributed by atoms with E-state index in [4.69, 9.17) is 0 Å². The molecule has 3 rings (SSSR count). The molecule has 20 heavy (non-hydrogen) atoms. The first-order valence-electron chi connectivity index (χ1n) is 6.44. The molecule has 3 unspecified atom stereocenters. The number of carboxylic acid groups (broad SMARTS) is 1. The SMILES string of the molecule is Cc1cc2c(c([N+](=O)[O-])c1)NC(C(=O)O)C1CC=CC21. The van der Waals surface area contributed by atoms with Crippen LogP contribution in [-0.2, 0) is 4.79 Å². The van der Waals surface area contributed by atoms with E-state index in [1.54, 1.807) is 0 Å². The first-order valence-corrected chi connectivity index (χ1v) is 6.44. The zero-order chi connectivity index (χ0) is 14.4. The Kier molecular flexibility index (Phi) is 2.74. The fourth-order valence-corrected chi connectivity index (χ4v) is 3.22. The van der Waals surface area contributed by atoms with E-state index < -0.39 is 16.9 Å². The monoisotopic (exact) mass is 274 g/mol. The van der Waals surface area contributed by atoms with E-state index in [0.29, 0.717) is 12.1 Å². The molecule has 0 saturated heterocycles. The summed E-state index contributed by atoms with van der Waals surface area (Å²) < 4.78 is 0. The van der Waals surface area contributed by atoms with Gasteiger partial charge in [-0.1, -0.05) is 18.2 Å². The van der Waals surface area contributed by atoms with Gasteiger partial charge in [0.15, 0.2) is 0 Å². The summed E-state index contributed by atoms with van der Waals surface area (Å²) >= 11 is 0. The number of aliphatic carboxylic acids is 1. The number of carbonyl (C=O) groups is 1. The molecular weight excluding hydrogens is 260 g/mol. The third-order valence-corrected chi connectivity index (χ3v) is 4.06. The van der Waals surface area contributed by atoms with Gasteiger partial charge in [-0.3, -0.25) is 10.1 Å². The van der Waals surface area contributed by atoms with Crippen molar-refractivity contribution in [2.45, 2.75) is 25.3 Å². The Bertz CT molecular complexity index is 638. The number of anilines is 1. The molecule has 6 nitrogen and oxygen atoms in total. The number of hydrogen-bond acceptors (Lipinski definition) is 4. The van der Waals surface area contributed by atoms with Crippen LogP contribution in [0.2, 0.25) is 0 Å². The summed E-state index contributed by atoms with van der Waals surface area (Å²) in [5.41, 5.74) is 1.93. The predicted octanol–water partition coefficient (Wildman–Crippen LogP) is 2.44. The van der Waals surface area contributed by atoms with E-state index in [2.05, 4.69) is 5.32 Å². The molecular formula is C14H14N2O4. The van der Waals surface area contributed by atoms with Crippen molar-refractivity contribution < 1.29 is 14.8 Å². The lowest BCUT2D eigenvalue weighted by Gasteiger charge is -2.34. The van der Waals surface area contributed by atoms with Crippen molar-refractivity contribution >= 4 is 17.3 Å². The second-order valence-corrected chi connectivity index (χ2v) is 5.32. The number of carboxylic acids is 1. The summed E-state index contributed by atoms with van der Waals surface area (Å²) in [6.07, 6.45) is 4.59. The maximum atomic E-state index is 11.4. The third kappa shape index (κ3) is 1.76. The van der Waals surface area contributed by atoms with Crippen molar-refractivity contribution in [3.8, 4) is 0 Å². The van der Waals surface area contributed by atoms with Crippen molar-refractivity contribution in [3.63, 3.8) is 0 Å². The van der Waals surface area contributed by atoms with Crippen LogP contribution in [0.3, 0.4) is 0 Å². The number of rotatable bonds is 2. The Morgan fingerprint density at radius 3 is 2.90 bits per heavy atom. The van der Waals surface area contributed by atoms with E-state index in [0.717, 1.165) is 11.1 Å². The zero-order valence-corrected chi connectivity index (χ0v) is 10.9. The largest absolute Gasteiger partial charge is 0.480 e. The van der Waals surface area contributed by atoms with Crippen LogP contribution >= 0.6 is 0 Å². The van der Waals surface area contributed by atoms with Crippen LogP contribution in [0.15, 0.2) is 24.3 Å². The summed E-state index contributed by atoms with van der Waals surface area (Å²) in [4.78, 5) is 22.1. The molecule has 0 spiro atoms. The summed E-state index contributed by atoms with van der Waals surface area (Å²) in [6, 6.07) is 2.59. The highest BCUT2D eigenvalue weighted by Gasteiger charge is 2.43. The Labute approximate surface area is 115 Å². The molecule has 2 N–H and O–H groups in total. The highest BCUT2D eigenvalue weighted by Crippen LogP contribution is 2.47. The van der Waals surface area contributed by atoms with Gasteiger partial charge in [-0.25, -0.2) is 4.79 Å². The lowest BCUT2D eigenvalue weighted by atomic mass is 9.78. The maximum Gasteiger partial charge on any atom is 0.326 e. The Morgan fingerprint density at radius 1 is 1.50 bits per heavy atom. The van der Waals surface area contributed by atoms with Gasteiger partial charge in [0.2, 0.25) is 0 Å². The topological polar surface area (TPSA) is 92.5 Å². The predicted molar refractivity (Wildman–Crippen MR) is 72.9 cm³/mol. The van der Waals surface area contributed by atoms with Crippen molar-refractivity contribution in [2.24, 2.45) is 5.92 Å². The van der Waals surface area contributed by atoms with E-state index >= 15 is 0 Å². The van der Waals surface area contributed by atoms with Gasteiger partial charge >= 0.3 is 5.97 Å². The van der Waals surface area contributed by atoms with Gasteiger partial charge in [-0.15, -0.1) is 0 Å². The summed E-state index contributed by atoms with van der Waals surface area (Å²) in [5.74, 6) is -1.11. The van der Waals surface area contributed by atoms with Gasteiger partial charge in [-0.05, 0) is 24.5 Å². The van der Waals surface area contributed by atoms with Crippen LogP contribution in [-0.4, -0.2) is 22.0 Å². The lowest BCUT2D eigenvalue weighted by Crippen LogP contribution is -2.42. The van der Waals surface area contributed by atoms with Gasteiger partial charge in [0, 0.05) is 17.9 Å². The minimum atomic E-state index is -0.968. The molecule has 0 saturated carbocycles. The Hall–Kier alpha value is -2.37. The van der Waals surface area contributed by atoms with E-state index in [1.165, 1.54) is 6.07 Å². The van der Waals surface area contributed by atoms with Gasteiger partial charge < -0.3 is 10.4 Å². The second-order valence-electron chi connectivity index (χ2n) is 5.32.